The van der Waals surface area contributed by atoms with Gasteiger partial charge in [-0.2, -0.15) is 5.10 Å². The van der Waals surface area contributed by atoms with Crippen LogP contribution in [0, 0.1) is 0 Å². The van der Waals surface area contributed by atoms with Gasteiger partial charge in [0.25, 0.3) is 0 Å². The maximum Gasteiger partial charge on any atom is 0.178 e. The van der Waals surface area contributed by atoms with Crippen molar-refractivity contribution in [2.75, 3.05) is 6.26 Å². The zero-order chi connectivity index (χ0) is 13.3. The van der Waals surface area contributed by atoms with Gasteiger partial charge in [-0.3, -0.25) is 0 Å². The molecule has 0 spiro atoms. The average molecular weight is 287 g/mol. The zero-order valence-corrected chi connectivity index (χ0v) is 11.1. The van der Waals surface area contributed by atoms with Gasteiger partial charge in [-0.15, -0.1) is 0 Å². The highest BCUT2D eigenvalue weighted by atomic mass is 35.5. The maximum atomic E-state index is 11.4. The summed E-state index contributed by atoms with van der Waals surface area (Å²) in [5.41, 5.74) is 1.06. The lowest BCUT2D eigenvalue weighted by molar-refractivity contribution is 0.281. The van der Waals surface area contributed by atoms with Crippen molar-refractivity contribution in [2.45, 2.75) is 11.5 Å². The van der Waals surface area contributed by atoms with Crippen LogP contribution in [-0.4, -0.2) is 29.6 Å². The number of sulfone groups is 1. The minimum Gasteiger partial charge on any atom is -0.392 e. The summed E-state index contributed by atoms with van der Waals surface area (Å²) in [6.45, 7) is -0.204. The number of rotatable bonds is 3. The van der Waals surface area contributed by atoms with E-state index in [0.29, 0.717) is 16.3 Å². The van der Waals surface area contributed by atoms with Gasteiger partial charge in [0, 0.05) is 18.0 Å². The van der Waals surface area contributed by atoms with Gasteiger partial charge in [0.15, 0.2) is 9.84 Å². The van der Waals surface area contributed by atoms with Crippen molar-refractivity contribution >= 4 is 21.4 Å². The molecule has 7 heteroatoms. The van der Waals surface area contributed by atoms with Gasteiger partial charge < -0.3 is 5.11 Å². The lowest BCUT2D eigenvalue weighted by Crippen LogP contribution is -2.01. The van der Waals surface area contributed by atoms with E-state index in [2.05, 4.69) is 5.10 Å². The van der Waals surface area contributed by atoms with E-state index in [4.69, 9.17) is 11.6 Å². The molecule has 2 rings (SSSR count). The Balaban J connectivity index is 2.60. The Morgan fingerprint density at radius 3 is 2.72 bits per heavy atom. The summed E-state index contributed by atoms with van der Waals surface area (Å²) < 4.78 is 24.1. The molecule has 1 aromatic carbocycles. The van der Waals surface area contributed by atoms with Crippen LogP contribution in [0.5, 0.6) is 0 Å². The van der Waals surface area contributed by atoms with Crippen LogP contribution in [-0.2, 0) is 16.4 Å². The van der Waals surface area contributed by atoms with Crippen molar-refractivity contribution in [3.05, 3.63) is 41.2 Å². The fourth-order valence-electron chi connectivity index (χ4n) is 1.56. The molecular formula is C11H11ClN2O3S. The van der Waals surface area contributed by atoms with Gasteiger partial charge in [-0.1, -0.05) is 23.7 Å². The van der Waals surface area contributed by atoms with Crippen LogP contribution < -0.4 is 0 Å². The van der Waals surface area contributed by atoms with Gasteiger partial charge in [-0.25, -0.2) is 13.1 Å². The summed E-state index contributed by atoms with van der Waals surface area (Å²) in [5, 5.41) is 13.6. The second-order valence-electron chi connectivity index (χ2n) is 3.80. The SMILES string of the molecule is CS(=O)(=O)c1cnn(-c2c(Cl)cccc2CO)c1. The van der Waals surface area contributed by atoms with Crippen LogP contribution in [0.25, 0.3) is 5.69 Å². The molecule has 1 aromatic heterocycles. The Bertz CT molecular complexity index is 679. The van der Waals surface area contributed by atoms with Crippen LogP contribution >= 0.6 is 11.6 Å². The van der Waals surface area contributed by atoms with E-state index in [-0.39, 0.29) is 11.5 Å². The molecule has 0 aliphatic carbocycles. The summed E-state index contributed by atoms with van der Waals surface area (Å²) in [6, 6.07) is 5.05. The van der Waals surface area contributed by atoms with E-state index in [1.165, 1.54) is 17.1 Å². The zero-order valence-electron chi connectivity index (χ0n) is 9.54. The molecule has 0 saturated carbocycles. The van der Waals surface area contributed by atoms with E-state index in [0.717, 1.165) is 6.26 Å². The highest BCUT2D eigenvalue weighted by Crippen LogP contribution is 2.25. The fourth-order valence-corrected chi connectivity index (χ4v) is 2.37. The van der Waals surface area contributed by atoms with Crippen molar-refractivity contribution in [3.8, 4) is 5.69 Å². The number of aromatic nitrogens is 2. The molecule has 2 aromatic rings. The number of aliphatic hydroxyl groups excluding tert-OH is 1. The first-order valence-electron chi connectivity index (χ1n) is 5.07. The van der Waals surface area contributed by atoms with Gasteiger partial charge in [0.1, 0.15) is 4.90 Å². The first kappa shape index (κ1) is 13.1. The second-order valence-corrected chi connectivity index (χ2v) is 6.22. The van der Waals surface area contributed by atoms with Crippen molar-refractivity contribution < 1.29 is 13.5 Å². The molecule has 0 atom stereocenters. The number of para-hydroxylation sites is 1. The minimum absolute atomic E-state index is 0.103. The summed E-state index contributed by atoms with van der Waals surface area (Å²) in [5.74, 6) is 0. The molecule has 0 amide bonds. The quantitative estimate of drug-likeness (QED) is 0.926. The maximum absolute atomic E-state index is 11.4. The Morgan fingerprint density at radius 1 is 1.44 bits per heavy atom. The van der Waals surface area contributed by atoms with Crippen LogP contribution in [0.1, 0.15) is 5.56 Å². The predicted octanol–water partition coefficient (Wildman–Crippen LogP) is 1.42. The smallest absolute Gasteiger partial charge is 0.178 e. The third-order valence-corrected chi connectivity index (χ3v) is 3.83. The molecule has 0 aliphatic heterocycles. The summed E-state index contributed by atoms with van der Waals surface area (Å²) >= 11 is 6.04. The number of halogens is 1. The largest absolute Gasteiger partial charge is 0.392 e. The van der Waals surface area contributed by atoms with Crippen LogP contribution in [0.15, 0.2) is 35.5 Å². The van der Waals surface area contributed by atoms with E-state index in [9.17, 15) is 13.5 Å². The second kappa shape index (κ2) is 4.72. The van der Waals surface area contributed by atoms with Gasteiger partial charge in [0.05, 0.1) is 23.5 Å². The molecule has 0 fully saturated rings. The lowest BCUT2D eigenvalue weighted by atomic mass is 10.2. The van der Waals surface area contributed by atoms with E-state index >= 15 is 0 Å². The normalized spacial score (nSPS) is 11.7. The number of aliphatic hydroxyl groups is 1. The van der Waals surface area contributed by atoms with Crippen LogP contribution in [0.4, 0.5) is 0 Å². The van der Waals surface area contributed by atoms with Crippen molar-refractivity contribution in [3.63, 3.8) is 0 Å². The number of benzene rings is 1. The minimum atomic E-state index is -3.31. The molecule has 1 heterocycles. The first-order valence-corrected chi connectivity index (χ1v) is 7.34. The Labute approximate surface area is 110 Å². The highest BCUT2D eigenvalue weighted by Gasteiger charge is 2.14. The van der Waals surface area contributed by atoms with E-state index in [1.54, 1.807) is 18.2 Å². The van der Waals surface area contributed by atoms with Crippen LogP contribution in [0.2, 0.25) is 5.02 Å². The topological polar surface area (TPSA) is 72.2 Å². The molecule has 18 heavy (non-hydrogen) atoms. The highest BCUT2D eigenvalue weighted by molar-refractivity contribution is 7.90. The monoisotopic (exact) mass is 286 g/mol. The molecule has 96 valence electrons. The fraction of sp³-hybridized carbons (Fsp3) is 0.182. The van der Waals surface area contributed by atoms with Gasteiger partial charge in [-0.05, 0) is 6.07 Å². The third-order valence-electron chi connectivity index (χ3n) is 2.46. The third kappa shape index (κ3) is 2.40. The standard InChI is InChI=1S/C11H11ClN2O3S/c1-18(16,17)9-5-13-14(6-9)11-8(7-15)3-2-4-10(11)12/h2-6,15H,7H2,1H3. The Morgan fingerprint density at radius 2 is 2.17 bits per heavy atom. The molecule has 0 saturated heterocycles. The van der Waals surface area contributed by atoms with E-state index in [1.807, 2.05) is 0 Å². The summed E-state index contributed by atoms with van der Waals surface area (Å²) in [7, 11) is -3.31. The van der Waals surface area contributed by atoms with E-state index < -0.39 is 9.84 Å². The number of nitrogens with zero attached hydrogens (tertiary/aromatic N) is 2. The first-order chi connectivity index (χ1) is 8.43. The summed E-state index contributed by atoms with van der Waals surface area (Å²) in [4.78, 5) is 0.103. The molecule has 0 radical (unpaired) electrons. The summed E-state index contributed by atoms with van der Waals surface area (Å²) in [6.07, 6.45) is 3.73. The number of hydrogen-bond acceptors (Lipinski definition) is 4. The average Bonchev–Trinajstić information content (AvgIpc) is 2.77. The van der Waals surface area contributed by atoms with Crippen molar-refractivity contribution in [1.29, 1.82) is 0 Å². The molecule has 5 nitrogen and oxygen atoms in total. The van der Waals surface area contributed by atoms with Gasteiger partial charge in [0.2, 0.25) is 0 Å². The Kier molecular flexibility index (Phi) is 3.43. The van der Waals surface area contributed by atoms with Gasteiger partial charge >= 0.3 is 0 Å². The van der Waals surface area contributed by atoms with Crippen LogP contribution in [0.3, 0.4) is 0 Å². The number of hydrogen-bond donors (Lipinski definition) is 1. The lowest BCUT2D eigenvalue weighted by Gasteiger charge is -2.09. The molecule has 0 aliphatic rings. The molecule has 0 unspecified atom stereocenters. The van der Waals surface area contributed by atoms with Crippen molar-refractivity contribution in [1.82, 2.24) is 9.78 Å². The predicted molar refractivity (Wildman–Crippen MR) is 67.6 cm³/mol. The molecular weight excluding hydrogens is 276 g/mol. The molecule has 1 N–H and O–H groups in total. The Hall–Kier alpha value is -1.37. The van der Waals surface area contributed by atoms with Crippen molar-refractivity contribution in [2.24, 2.45) is 0 Å². The molecule has 0 bridgehead atoms.